The minimum absolute atomic E-state index is 0.0445. The Kier molecular flexibility index (Phi) is 7.12. The maximum atomic E-state index is 13.8. The number of benzene rings is 1. The van der Waals surface area contributed by atoms with Crippen molar-refractivity contribution < 1.29 is 22.3 Å². The monoisotopic (exact) mass is 492 g/mol. The summed E-state index contributed by atoms with van der Waals surface area (Å²) < 4.78 is 48.1. The summed E-state index contributed by atoms with van der Waals surface area (Å²) in [5, 5.41) is 0.0771. The number of rotatable bonds is 8. The summed E-state index contributed by atoms with van der Waals surface area (Å²) in [6, 6.07) is 2.62. The molecular formula is C24H33FN4O4S. The summed E-state index contributed by atoms with van der Waals surface area (Å²) in [6.07, 6.45) is 8.23. The van der Waals surface area contributed by atoms with Crippen LogP contribution in [0.15, 0.2) is 29.7 Å². The first-order valence-corrected chi connectivity index (χ1v) is 13.2. The molecule has 2 fully saturated rings. The number of imidazole rings is 1. The van der Waals surface area contributed by atoms with Gasteiger partial charge >= 0.3 is 0 Å². The van der Waals surface area contributed by atoms with Gasteiger partial charge in [-0.1, -0.05) is 12.8 Å². The number of nitrogens with zero attached hydrogens (tertiary/aromatic N) is 4. The van der Waals surface area contributed by atoms with Gasteiger partial charge in [0.1, 0.15) is 11.6 Å². The van der Waals surface area contributed by atoms with Crippen LogP contribution in [-0.2, 0) is 17.1 Å². The van der Waals surface area contributed by atoms with Crippen LogP contribution in [0.4, 0.5) is 4.39 Å². The van der Waals surface area contributed by atoms with Crippen LogP contribution in [0, 0.1) is 12.7 Å². The smallest absolute Gasteiger partial charge is 0.262 e. The minimum atomic E-state index is -3.61. The van der Waals surface area contributed by atoms with Gasteiger partial charge in [0.05, 0.1) is 19.0 Å². The zero-order valence-electron chi connectivity index (χ0n) is 20.1. The summed E-state index contributed by atoms with van der Waals surface area (Å²) in [7, 11) is -0.415. The Balaban J connectivity index is 1.44. The number of hydrogen-bond donors (Lipinski definition) is 0. The number of piperazine rings is 1. The van der Waals surface area contributed by atoms with E-state index in [9.17, 15) is 17.6 Å². The Hall–Kier alpha value is -2.30. The van der Waals surface area contributed by atoms with E-state index in [4.69, 9.17) is 4.74 Å². The van der Waals surface area contributed by atoms with Gasteiger partial charge < -0.3 is 9.30 Å². The SMILES string of the molecule is COc1cc(F)cc(C)c1C(=O)CCC1(N2CCN(S(=O)(=O)c3cn(C)cn3)CC2)CCCC1. The third-order valence-corrected chi connectivity index (χ3v) is 9.09. The summed E-state index contributed by atoms with van der Waals surface area (Å²) in [5.41, 5.74) is 0.913. The highest BCUT2D eigenvalue weighted by Gasteiger charge is 2.42. The molecule has 1 aliphatic heterocycles. The standard InChI is InChI=1S/C24H33FN4O4S/c1-18-14-19(25)15-21(33-3)23(18)20(30)6-9-24(7-4-5-8-24)28-10-12-29(13-11-28)34(31,32)22-16-27(2)17-26-22/h14-17H,4-13H2,1-3H3. The molecule has 0 spiro atoms. The number of hydrogen-bond acceptors (Lipinski definition) is 6. The summed E-state index contributed by atoms with van der Waals surface area (Å²) in [4.78, 5) is 19.6. The van der Waals surface area contributed by atoms with Crippen LogP contribution in [0.3, 0.4) is 0 Å². The van der Waals surface area contributed by atoms with Crippen LogP contribution in [0.1, 0.15) is 54.4 Å². The third kappa shape index (κ3) is 4.76. The van der Waals surface area contributed by atoms with E-state index in [1.165, 1.54) is 36.1 Å². The van der Waals surface area contributed by atoms with Crippen LogP contribution < -0.4 is 4.74 Å². The second-order valence-corrected chi connectivity index (χ2v) is 11.3. The van der Waals surface area contributed by atoms with E-state index in [0.717, 1.165) is 25.7 Å². The lowest BCUT2D eigenvalue weighted by Gasteiger charge is -2.45. The van der Waals surface area contributed by atoms with Gasteiger partial charge in [-0.25, -0.2) is 17.8 Å². The zero-order valence-corrected chi connectivity index (χ0v) is 20.9. The molecule has 34 heavy (non-hydrogen) atoms. The highest BCUT2D eigenvalue weighted by atomic mass is 32.2. The van der Waals surface area contributed by atoms with Gasteiger partial charge in [0.25, 0.3) is 10.0 Å². The van der Waals surface area contributed by atoms with E-state index >= 15 is 0 Å². The van der Waals surface area contributed by atoms with Crippen LogP contribution in [0.5, 0.6) is 5.75 Å². The lowest BCUT2D eigenvalue weighted by molar-refractivity contribution is 0.0475. The molecule has 0 amide bonds. The van der Waals surface area contributed by atoms with E-state index in [2.05, 4.69) is 9.88 Å². The summed E-state index contributed by atoms with van der Waals surface area (Å²) in [6.45, 7) is 3.78. The van der Waals surface area contributed by atoms with E-state index in [0.29, 0.717) is 50.1 Å². The van der Waals surface area contributed by atoms with E-state index in [1.807, 2.05) is 0 Å². The van der Waals surface area contributed by atoms with Crippen LogP contribution in [0.25, 0.3) is 0 Å². The highest BCUT2D eigenvalue weighted by molar-refractivity contribution is 7.89. The van der Waals surface area contributed by atoms with Crippen molar-refractivity contribution in [2.45, 2.75) is 56.0 Å². The van der Waals surface area contributed by atoms with Crippen molar-refractivity contribution in [2.75, 3.05) is 33.3 Å². The minimum Gasteiger partial charge on any atom is -0.496 e. The van der Waals surface area contributed by atoms with Crippen molar-refractivity contribution in [3.8, 4) is 5.75 Å². The molecule has 186 valence electrons. The van der Waals surface area contributed by atoms with E-state index in [1.54, 1.807) is 18.5 Å². The van der Waals surface area contributed by atoms with Crippen LogP contribution in [-0.4, -0.2) is 71.8 Å². The number of aromatic nitrogens is 2. The maximum absolute atomic E-state index is 13.8. The molecule has 0 unspecified atom stereocenters. The number of ether oxygens (including phenoxy) is 1. The molecule has 10 heteroatoms. The number of methoxy groups -OCH3 is 1. The Morgan fingerprint density at radius 3 is 2.44 bits per heavy atom. The number of Topliss-reactive ketones (excluding diaryl/α,β-unsaturated/α-hetero) is 1. The van der Waals surface area contributed by atoms with Gasteiger partial charge in [0, 0.05) is 57.4 Å². The molecule has 1 saturated heterocycles. The number of ketones is 1. The van der Waals surface area contributed by atoms with Gasteiger partial charge in [-0.3, -0.25) is 9.69 Å². The molecule has 0 radical (unpaired) electrons. The number of halogens is 1. The molecule has 4 rings (SSSR count). The van der Waals surface area contributed by atoms with E-state index in [-0.39, 0.29) is 22.1 Å². The lowest BCUT2D eigenvalue weighted by Crippen LogP contribution is -2.57. The molecule has 0 bridgehead atoms. The van der Waals surface area contributed by atoms with Gasteiger partial charge in [0.15, 0.2) is 10.8 Å². The molecule has 1 aromatic carbocycles. The number of sulfonamides is 1. The summed E-state index contributed by atoms with van der Waals surface area (Å²) in [5.74, 6) is -0.190. The fraction of sp³-hybridized carbons (Fsp3) is 0.583. The molecule has 0 atom stereocenters. The van der Waals surface area contributed by atoms with Crippen LogP contribution >= 0.6 is 0 Å². The first-order chi connectivity index (χ1) is 16.2. The normalized spacial score (nSPS) is 19.4. The Labute approximate surface area is 200 Å². The van der Waals surface area contributed by atoms with Gasteiger partial charge in [0.2, 0.25) is 0 Å². The first-order valence-electron chi connectivity index (χ1n) is 11.8. The summed E-state index contributed by atoms with van der Waals surface area (Å²) >= 11 is 0. The van der Waals surface area contributed by atoms with Gasteiger partial charge in [-0.15, -0.1) is 0 Å². The van der Waals surface area contributed by atoms with E-state index < -0.39 is 15.8 Å². The van der Waals surface area contributed by atoms with Crippen molar-refractivity contribution in [1.82, 2.24) is 18.8 Å². The Morgan fingerprint density at radius 1 is 1.18 bits per heavy atom. The molecule has 2 aliphatic rings. The van der Waals surface area contributed by atoms with Crippen molar-refractivity contribution >= 4 is 15.8 Å². The molecule has 2 aromatic rings. The lowest BCUT2D eigenvalue weighted by atomic mass is 9.86. The molecule has 0 N–H and O–H groups in total. The topological polar surface area (TPSA) is 84.7 Å². The highest BCUT2D eigenvalue weighted by Crippen LogP contribution is 2.40. The Bertz CT molecular complexity index is 1150. The zero-order chi connectivity index (χ0) is 24.5. The van der Waals surface area contributed by atoms with Crippen molar-refractivity contribution in [3.63, 3.8) is 0 Å². The molecule has 1 saturated carbocycles. The van der Waals surface area contributed by atoms with Crippen LogP contribution in [0.2, 0.25) is 0 Å². The quantitative estimate of drug-likeness (QED) is 0.527. The van der Waals surface area contributed by atoms with Gasteiger partial charge in [-0.2, -0.15) is 4.31 Å². The van der Waals surface area contributed by atoms with Gasteiger partial charge in [-0.05, 0) is 37.8 Å². The molecular weight excluding hydrogens is 459 g/mol. The fourth-order valence-electron chi connectivity index (χ4n) is 5.52. The maximum Gasteiger partial charge on any atom is 0.262 e. The first kappa shape index (κ1) is 24.8. The largest absolute Gasteiger partial charge is 0.496 e. The number of aryl methyl sites for hydroxylation is 2. The molecule has 1 aromatic heterocycles. The molecule has 1 aliphatic carbocycles. The predicted molar refractivity (Wildman–Crippen MR) is 126 cm³/mol. The second-order valence-electron chi connectivity index (χ2n) is 9.42. The molecule has 2 heterocycles. The average Bonchev–Trinajstić information content (AvgIpc) is 3.47. The van der Waals surface area contributed by atoms with Crippen molar-refractivity contribution in [3.05, 3.63) is 41.6 Å². The average molecular weight is 493 g/mol. The van der Waals surface area contributed by atoms with Crippen molar-refractivity contribution in [2.24, 2.45) is 7.05 Å². The second kappa shape index (κ2) is 9.75. The third-order valence-electron chi connectivity index (χ3n) is 7.31. The van der Waals surface area contributed by atoms with Crippen molar-refractivity contribution in [1.29, 1.82) is 0 Å². The Morgan fingerprint density at radius 2 is 1.85 bits per heavy atom. The number of carbonyl (C=O) groups is 1. The predicted octanol–water partition coefficient (Wildman–Crippen LogP) is 3.16. The fourth-order valence-corrected chi connectivity index (χ4v) is 6.90. The number of carbonyl (C=O) groups excluding carboxylic acids is 1. The molecule has 8 nitrogen and oxygen atoms in total.